The van der Waals surface area contributed by atoms with Gasteiger partial charge in [0, 0.05) is 9.79 Å². The van der Waals surface area contributed by atoms with Crippen molar-refractivity contribution >= 4 is 11.8 Å². The van der Waals surface area contributed by atoms with Crippen LogP contribution in [0.25, 0.3) is 0 Å². The Bertz CT molecular complexity index is 487. The van der Waals surface area contributed by atoms with Gasteiger partial charge in [-0.25, -0.2) is 0 Å². The standard InChI is InChI=1S/C20H26S/c1-2-3-4-5-6-8-11-18-14-16-20(17-15-18)21-19-12-9-7-10-13-19/h7,9-10,12-17H,2-6,8,11H2,1H3. The van der Waals surface area contributed by atoms with Gasteiger partial charge < -0.3 is 0 Å². The number of hydrogen-bond donors (Lipinski definition) is 0. The molecule has 112 valence electrons. The normalized spacial score (nSPS) is 10.7. The van der Waals surface area contributed by atoms with E-state index in [9.17, 15) is 0 Å². The van der Waals surface area contributed by atoms with Crippen molar-refractivity contribution in [1.29, 1.82) is 0 Å². The van der Waals surface area contributed by atoms with Crippen LogP contribution >= 0.6 is 11.8 Å². The fourth-order valence-electron chi connectivity index (χ4n) is 2.46. The van der Waals surface area contributed by atoms with E-state index >= 15 is 0 Å². The lowest BCUT2D eigenvalue weighted by molar-refractivity contribution is 0.607. The summed E-state index contributed by atoms with van der Waals surface area (Å²) >= 11 is 1.83. The Labute approximate surface area is 134 Å². The summed E-state index contributed by atoms with van der Waals surface area (Å²) in [5.74, 6) is 0. The number of unbranched alkanes of at least 4 members (excludes halogenated alkanes) is 5. The minimum atomic E-state index is 1.22. The van der Waals surface area contributed by atoms with Gasteiger partial charge in [0.25, 0.3) is 0 Å². The van der Waals surface area contributed by atoms with Crippen LogP contribution in [0.1, 0.15) is 51.0 Å². The van der Waals surface area contributed by atoms with Gasteiger partial charge in [-0.3, -0.25) is 0 Å². The second-order valence-corrected chi connectivity index (χ2v) is 6.72. The fraction of sp³-hybridized carbons (Fsp3) is 0.400. The van der Waals surface area contributed by atoms with Gasteiger partial charge in [-0.15, -0.1) is 0 Å². The molecule has 0 aliphatic carbocycles. The second kappa shape index (κ2) is 9.68. The highest BCUT2D eigenvalue weighted by atomic mass is 32.2. The van der Waals surface area contributed by atoms with Crippen LogP contribution in [0.5, 0.6) is 0 Å². The summed E-state index contributed by atoms with van der Waals surface area (Å²) in [6.45, 7) is 2.27. The summed E-state index contributed by atoms with van der Waals surface area (Å²) in [5.41, 5.74) is 1.47. The quantitative estimate of drug-likeness (QED) is 0.462. The first kappa shape index (κ1) is 16.2. The lowest BCUT2D eigenvalue weighted by Gasteiger charge is -2.05. The average molecular weight is 298 g/mol. The Balaban J connectivity index is 1.72. The molecule has 0 fully saturated rings. The zero-order chi connectivity index (χ0) is 14.8. The molecule has 0 amide bonds. The van der Waals surface area contributed by atoms with Crippen molar-refractivity contribution < 1.29 is 0 Å². The Kier molecular flexibility index (Phi) is 7.45. The molecule has 21 heavy (non-hydrogen) atoms. The highest BCUT2D eigenvalue weighted by Crippen LogP contribution is 2.27. The smallest absolute Gasteiger partial charge is 0.0122 e. The molecule has 0 saturated heterocycles. The van der Waals surface area contributed by atoms with Crippen LogP contribution in [0.3, 0.4) is 0 Å². The molecule has 0 N–H and O–H groups in total. The van der Waals surface area contributed by atoms with E-state index in [-0.39, 0.29) is 0 Å². The van der Waals surface area contributed by atoms with Crippen molar-refractivity contribution in [3.8, 4) is 0 Å². The molecule has 0 spiro atoms. The maximum absolute atomic E-state index is 2.29. The summed E-state index contributed by atoms with van der Waals surface area (Å²) in [7, 11) is 0. The van der Waals surface area contributed by atoms with Crippen LogP contribution in [0.4, 0.5) is 0 Å². The minimum absolute atomic E-state index is 1.22. The number of rotatable bonds is 9. The van der Waals surface area contributed by atoms with Crippen molar-refractivity contribution in [3.63, 3.8) is 0 Å². The first-order valence-corrected chi connectivity index (χ1v) is 9.02. The molecule has 2 rings (SSSR count). The molecule has 2 aromatic carbocycles. The Hall–Kier alpha value is -1.21. The molecule has 0 aliphatic heterocycles. The van der Waals surface area contributed by atoms with E-state index in [0.717, 1.165) is 0 Å². The lowest BCUT2D eigenvalue weighted by atomic mass is 10.1. The summed E-state index contributed by atoms with van der Waals surface area (Å²) < 4.78 is 0. The molecule has 1 heteroatoms. The maximum Gasteiger partial charge on any atom is 0.0122 e. The average Bonchev–Trinajstić information content (AvgIpc) is 2.53. The first-order valence-electron chi connectivity index (χ1n) is 8.20. The van der Waals surface area contributed by atoms with Crippen LogP contribution < -0.4 is 0 Å². The van der Waals surface area contributed by atoms with Gasteiger partial charge in [0.2, 0.25) is 0 Å². The van der Waals surface area contributed by atoms with Crippen LogP contribution in [-0.4, -0.2) is 0 Å². The van der Waals surface area contributed by atoms with Crippen molar-refractivity contribution in [2.24, 2.45) is 0 Å². The third-order valence-electron chi connectivity index (χ3n) is 3.72. The van der Waals surface area contributed by atoms with Crippen LogP contribution in [0.2, 0.25) is 0 Å². The van der Waals surface area contributed by atoms with Crippen LogP contribution in [-0.2, 0) is 6.42 Å². The molecule has 0 saturated carbocycles. The third kappa shape index (κ3) is 6.39. The van der Waals surface area contributed by atoms with Crippen molar-refractivity contribution in [3.05, 3.63) is 60.2 Å². The van der Waals surface area contributed by atoms with Crippen molar-refractivity contribution in [2.75, 3.05) is 0 Å². The maximum atomic E-state index is 2.29. The van der Waals surface area contributed by atoms with Gasteiger partial charge >= 0.3 is 0 Å². The Morgan fingerprint density at radius 3 is 2.00 bits per heavy atom. The van der Waals surface area contributed by atoms with Gasteiger partial charge in [-0.2, -0.15) is 0 Å². The third-order valence-corrected chi connectivity index (χ3v) is 4.74. The van der Waals surface area contributed by atoms with E-state index in [1.165, 1.54) is 60.3 Å². The summed E-state index contributed by atoms with van der Waals surface area (Å²) in [6.07, 6.45) is 9.46. The summed E-state index contributed by atoms with van der Waals surface area (Å²) in [6, 6.07) is 19.7. The second-order valence-electron chi connectivity index (χ2n) is 5.58. The topological polar surface area (TPSA) is 0 Å². The van der Waals surface area contributed by atoms with Gasteiger partial charge in [0.05, 0.1) is 0 Å². The van der Waals surface area contributed by atoms with Crippen molar-refractivity contribution in [2.45, 2.75) is 61.7 Å². The Morgan fingerprint density at radius 1 is 0.667 bits per heavy atom. The molecule has 0 aliphatic rings. The highest BCUT2D eigenvalue weighted by molar-refractivity contribution is 7.99. The first-order chi connectivity index (χ1) is 10.4. The van der Waals surface area contributed by atoms with Gasteiger partial charge in [0.1, 0.15) is 0 Å². The molecule has 0 nitrogen and oxygen atoms in total. The van der Waals surface area contributed by atoms with E-state index < -0.39 is 0 Å². The predicted molar refractivity (Wildman–Crippen MR) is 94.1 cm³/mol. The van der Waals surface area contributed by atoms with E-state index in [4.69, 9.17) is 0 Å². The largest absolute Gasteiger partial charge is 0.0901 e. The van der Waals surface area contributed by atoms with Gasteiger partial charge in [-0.05, 0) is 42.7 Å². The predicted octanol–water partition coefficient (Wildman–Crippen LogP) is 6.74. The van der Waals surface area contributed by atoms with Crippen LogP contribution in [0.15, 0.2) is 64.4 Å². The Morgan fingerprint density at radius 2 is 1.29 bits per heavy atom. The van der Waals surface area contributed by atoms with E-state index in [2.05, 4.69) is 61.5 Å². The van der Waals surface area contributed by atoms with Crippen LogP contribution in [0, 0.1) is 0 Å². The van der Waals surface area contributed by atoms with Crippen molar-refractivity contribution in [1.82, 2.24) is 0 Å². The van der Waals surface area contributed by atoms with E-state index in [1.54, 1.807) is 0 Å². The van der Waals surface area contributed by atoms with Gasteiger partial charge in [-0.1, -0.05) is 81.1 Å². The number of aryl methyl sites for hydroxylation is 1. The zero-order valence-corrected chi connectivity index (χ0v) is 13.9. The molecule has 0 radical (unpaired) electrons. The molecule has 0 bridgehead atoms. The van der Waals surface area contributed by atoms with Gasteiger partial charge in [0.15, 0.2) is 0 Å². The molecule has 0 heterocycles. The molecule has 0 atom stereocenters. The minimum Gasteiger partial charge on any atom is -0.0901 e. The summed E-state index contributed by atoms with van der Waals surface area (Å²) in [4.78, 5) is 2.63. The fourth-order valence-corrected chi connectivity index (χ4v) is 3.30. The number of hydrogen-bond acceptors (Lipinski definition) is 1. The molecule has 0 aromatic heterocycles. The SMILES string of the molecule is CCCCCCCCc1ccc(Sc2ccccc2)cc1. The number of benzene rings is 2. The zero-order valence-electron chi connectivity index (χ0n) is 13.1. The highest BCUT2D eigenvalue weighted by Gasteiger charge is 1.98. The van der Waals surface area contributed by atoms with E-state index in [1.807, 2.05) is 11.8 Å². The molecule has 2 aromatic rings. The lowest BCUT2D eigenvalue weighted by Crippen LogP contribution is -1.86. The molecular weight excluding hydrogens is 272 g/mol. The molecular formula is C20H26S. The summed E-state index contributed by atoms with van der Waals surface area (Å²) in [5, 5.41) is 0. The van der Waals surface area contributed by atoms with E-state index in [0.29, 0.717) is 0 Å². The monoisotopic (exact) mass is 298 g/mol. The molecule has 0 unspecified atom stereocenters.